The molecule has 1 atom stereocenters. The molecule has 1 aromatic rings. The average molecular weight is 339 g/mol. The van der Waals surface area contributed by atoms with Gasteiger partial charge in [0.1, 0.15) is 10.7 Å². The Hall–Kier alpha value is -0.370. The Labute approximate surface area is 116 Å². The van der Waals surface area contributed by atoms with Crippen LogP contribution in [-0.4, -0.2) is 14.5 Å². The SMILES string of the molecule is CCC(NS(=O)(=O)c1cc(CN)oc1Br)C(C)C. The molecule has 0 radical (unpaired) electrons. The van der Waals surface area contributed by atoms with Crippen molar-refractivity contribution in [1.82, 2.24) is 4.72 Å². The number of hydrogen-bond donors (Lipinski definition) is 2. The van der Waals surface area contributed by atoms with Crippen molar-refractivity contribution in [3.8, 4) is 0 Å². The van der Waals surface area contributed by atoms with Gasteiger partial charge in [0.2, 0.25) is 10.0 Å². The van der Waals surface area contributed by atoms with Gasteiger partial charge in [-0.25, -0.2) is 13.1 Å². The molecule has 1 rings (SSSR count). The highest BCUT2D eigenvalue weighted by Gasteiger charge is 2.26. The first kappa shape index (κ1) is 15.7. The molecule has 3 N–H and O–H groups in total. The van der Waals surface area contributed by atoms with Crippen LogP contribution in [0.15, 0.2) is 20.0 Å². The smallest absolute Gasteiger partial charge is 0.245 e. The van der Waals surface area contributed by atoms with Crippen LogP contribution in [0.4, 0.5) is 0 Å². The maximum atomic E-state index is 12.2. The van der Waals surface area contributed by atoms with E-state index in [-0.39, 0.29) is 28.1 Å². The Morgan fingerprint density at radius 3 is 2.50 bits per heavy atom. The highest BCUT2D eigenvalue weighted by Crippen LogP contribution is 2.26. The third kappa shape index (κ3) is 3.57. The fourth-order valence-corrected chi connectivity index (χ4v) is 4.10. The topological polar surface area (TPSA) is 85.3 Å². The Morgan fingerprint density at radius 1 is 1.50 bits per heavy atom. The maximum absolute atomic E-state index is 12.2. The van der Waals surface area contributed by atoms with Gasteiger partial charge < -0.3 is 10.2 Å². The summed E-state index contributed by atoms with van der Waals surface area (Å²) in [5, 5.41) is 0. The van der Waals surface area contributed by atoms with E-state index >= 15 is 0 Å². The molecule has 1 aromatic heterocycles. The van der Waals surface area contributed by atoms with Gasteiger partial charge >= 0.3 is 0 Å². The minimum atomic E-state index is -3.58. The molecule has 0 fully saturated rings. The second-order valence-corrected chi connectivity index (χ2v) is 6.84. The molecule has 5 nitrogen and oxygen atoms in total. The predicted octanol–water partition coefficient (Wildman–Crippen LogP) is 2.21. The Bertz CT molecular complexity index is 496. The second-order valence-electron chi connectivity index (χ2n) is 4.43. The minimum absolute atomic E-state index is 0.0990. The number of halogens is 1. The van der Waals surface area contributed by atoms with Gasteiger partial charge in [-0.15, -0.1) is 0 Å². The minimum Gasteiger partial charge on any atom is -0.452 e. The van der Waals surface area contributed by atoms with E-state index in [0.29, 0.717) is 5.76 Å². The Morgan fingerprint density at radius 2 is 2.11 bits per heavy atom. The predicted molar refractivity (Wildman–Crippen MR) is 73.5 cm³/mol. The van der Waals surface area contributed by atoms with Crippen molar-refractivity contribution in [2.75, 3.05) is 0 Å². The summed E-state index contributed by atoms with van der Waals surface area (Å²) in [7, 11) is -3.58. The molecule has 7 heteroatoms. The van der Waals surface area contributed by atoms with Crippen molar-refractivity contribution >= 4 is 26.0 Å². The van der Waals surface area contributed by atoms with Crippen LogP contribution in [0.3, 0.4) is 0 Å². The molecule has 0 aliphatic carbocycles. The third-order valence-corrected chi connectivity index (χ3v) is 5.10. The zero-order valence-corrected chi connectivity index (χ0v) is 13.1. The summed E-state index contributed by atoms with van der Waals surface area (Å²) in [6.07, 6.45) is 0.732. The van der Waals surface area contributed by atoms with Gasteiger partial charge in [-0.1, -0.05) is 20.8 Å². The highest BCUT2D eigenvalue weighted by atomic mass is 79.9. The molecule has 104 valence electrons. The van der Waals surface area contributed by atoms with Crippen molar-refractivity contribution in [3.05, 3.63) is 16.5 Å². The lowest BCUT2D eigenvalue weighted by Crippen LogP contribution is -2.37. The van der Waals surface area contributed by atoms with E-state index in [1.165, 1.54) is 6.07 Å². The van der Waals surface area contributed by atoms with Crippen molar-refractivity contribution in [2.45, 2.75) is 44.7 Å². The van der Waals surface area contributed by atoms with E-state index in [4.69, 9.17) is 10.2 Å². The van der Waals surface area contributed by atoms with E-state index in [0.717, 1.165) is 6.42 Å². The fraction of sp³-hybridized carbons (Fsp3) is 0.636. The lowest BCUT2D eigenvalue weighted by Gasteiger charge is -2.20. The van der Waals surface area contributed by atoms with Crippen LogP contribution in [0.5, 0.6) is 0 Å². The number of sulfonamides is 1. The van der Waals surface area contributed by atoms with Crippen molar-refractivity contribution in [2.24, 2.45) is 11.7 Å². The lowest BCUT2D eigenvalue weighted by atomic mass is 10.0. The normalized spacial score (nSPS) is 14.1. The van der Waals surface area contributed by atoms with E-state index in [1.54, 1.807) is 0 Å². The van der Waals surface area contributed by atoms with Crippen LogP contribution in [0.2, 0.25) is 0 Å². The summed E-state index contributed by atoms with van der Waals surface area (Å²) in [5.41, 5.74) is 5.42. The molecule has 0 aliphatic heterocycles. The molecule has 1 unspecified atom stereocenters. The summed E-state index contributed by atoms with van der Waals surface area (Å²) in [6, 6.07) is 1.34. The van der Waals surface area contributed by atoms with Gasteiger partial charge in [-0.05, 0) is 28.3 Å². The monoisotopic (exact) mass is 338 g/mol. The summed E-state index contributed by atoms with van der Waals surface area (Å²) in [4.78, 5) is 0.0991. The van der Waals surface area contributed by atoms with Gasteiger partial charge in [0.25, 0.3) is 0 Å². The largest absolute Gasteiger partial charge is 0.452 e. The van der Waals surface area contributed by atoms with E-state index in [9.17, 15) is 8.42 Å². The second kappa shape index (κ2) is 6.18. The molecule has 1 heterocycles. The number of rotatable bonds is 6. The summed E-state index contributed by atoms with van der Waals surface area (Å²) in [5.74, 6) is 0.657. The van der Waals surface area contributed by atoms with Gasteiger partial charge in [-0.2, -0.15) is 0 Å². The van der Waals surface area contributed by atoms with Crippen LogP contribution in [0.25, 0.3) is 0 Å². The van der Waals surface area contributed by atoms with Gasteiger partial charge in [0.05, 0.1) is 6.54 Å². The summed E-state index contributed by atoms with van der Waals surface area (Å²) < 4.78 is 32.5. The third-order valence-electron chi connectivity index (χ3n) is 2.75. The lowest BCUT2D eigenvalue weighted by molar-refractivity contribution is 0.436. The van der Waals surface area contributed by atoms with Gasteiger partial charge in [-0.3, -0.25) is 0 Å². The van der Waals surface area contributed by atoms with Crippen LogP contribution >= 0.6 is 15.9 Å². The van der Waals surface area contributed by atoms with Crippen LogP contribution in [0, 0.1) is 5.92 Å². The maximum Gasteiger partial charge on any atom is 0.245 e. The number of nitrogens with two attached hydrogens (primary N) is 1. The molecule has 18 heavy (non-hydrogen) atoms. The molecule has 0 amide bonds. The summed E-state index contributed by atoms with van der Waals surface area (Å²) in [6.45, 7) is 6.07. The quantitative estimate of drug-likeness (QED) is 0.832. The highest BCUT2D eigenvalue weighted by molar-refractivity contribution is 9.10. The molecular weight excluding hydrogens is 320 g/mol. The van der Waals surface area contributed by atoms with Crippen molar-refractivity contribution in [1.29, 1.82) is 0 Å². The fourth-order valence-electron chi connectivity index (χ4n) is 1.64. The van der Waals surface area contributed by atoms with Gasteiger partial charge in [0.15, 0.2) is 4.67 Å². The molecule has 0 saturated heterocycles. The first-order valence-electron chi connectivity index (χ1n) is 5.82. The van der Waals surface area contributed by atoms with Crippen LogP contribution in [-0.2, 0) is 16.6 Å². The average Bonchev–Trinajstić information content (AvgIpc) is 2.68. The molecular formula is C11H19BrN2O3S. The molecule has 0 aromatic carbocycles. The van der Waals surface area contributed by atoms with Crippen LogP contribution < -0.4 is 10.5 Å². The first-order valence-corrected chi connectivity index (χ1v) is 8.10. The molecule has 0 spiro atoms. The Balaban J connectivity index is 3.02. The van der Waals surface area contributed by atoms with E-state index < -0.39 is 10.0 Å². The summed E-state index contributed by atoms with van der Waals surface area (Å²) >= 11 is 3.10. The van der Waals surface area contributed by atoms with E-state index in [1.807, 2.05) is 20.8 Å². The zero-order valence-electron chi connectivity index (χ0n) is 10.7. The number of furan rings is 1. The van der Waals surface area contributed by atoms with Crippen molar-refractivity contribution < 1.29 is 12.8 Å². The number of nitrogens with one attached hydrogen (secondary N) is 1. The number of hydrogen-bond acceptors (Lipinski definition) is 4. The molecule has 0 bridgehead atoms. The van der Waals surface area contributed by atoms with Gasteiger partial charge in [0, 0.05) is 12.1 Å². The first-order chi connectivity index (χ1) is 8.31. The van der Waals surface area contributed by atoms with Crippen molar-refractivity contribution in [3.63, 3.8) is 0 Å². The van der Waals surface area contributed by atoms with Crippen LogP contribution in [0.1, 0.15) is 33.0 Å². The molecule has 0 saturated carbocycles. The zero-order chi connectivity index (χ0) is 13.9. The molecule has 0 aliphatic rings. The standard InChI is InChI=1S/C11H19BrN2O3S/c1-4-9(7(2)3)14-18(15,16)10-5-8(6-13)17-11(10)12/h5,7,9,14H,4,6,13H2,1-3H3. The van der Waals surface area contributed by atoms with E-state index in [2.05, 4.69) is 20.7 Å². The Kier molecular flexibility index (Phi) is 5.39.